The number of hydrogen-bond acceptors (Lipinski definition) is 7. The standard InChI is InChI=1S/C34H26F4N2O9/c1-40(2)29(42)24-16-27(49-32(47)48-18-33(30(43)44,31(45)46)20-8-4-3-5-9-20)25(35)17-26(24)39-28(41)23-11-7-6-10-22(23)19-12-14-21(15-13-19)34(36,37)38/h3-17H,18H2,1-2H3,(H,39,41)(H,43,44)(H,45,46). The van der Waals surface area contributed by atoms with E-state index in [1.165, 1.54) is 74.8 Å². The third kappa shape index (κ3) is 7.67. The van der Waals surface area contributed by atoms with Gasteiger partial charge in [-0.3, -0.25) is 19.2 Å². The van der Waals surface area contributed by atoms with E-state index in [0.29, 0.717) is 6.07 Å². The van der Waals surface area contributed by atoms with Gasteiger partial charge in [0, 0.05) is 25.7 Å². The molecule has 0 radical (unpaired) electrons. The van der Waals surface area contributed by atoms with Gasteiger partial charge in [-0.05, 0) is 41.0 Å². The first-order chi connectivity index (χ1) is 23.1. The Morgan fingerprint density at radius 3 is 1.94 bits per heavy atom. The van der Waals surface area contributed by atoms with E-state index in [4.69, 9.17) is 9.47 Å². The van der Waals surface area contributed by atoms with Crippen LogP contribution in [0.1, 0.15) is 31.8 Å². The molecule has 4 aromatic carbocycles. The molecule has 0 aliphatic heterocycles. The van der Waals surface area contributed by atoms with E-state index in [0.717, 1.165) is 23.1 Å². The molecule has 2 amide bonds. The van der Waals surface area contributed by atoms with Gasteiger partial charge in [0.2, 0.25) is 5.41 Å². The number of carboxylic acids is 2. The number of nitrogens with zero attached hydrogens (tertiary/aromatic N) is 1. The molecule has 49 heavy (non-hydrogen) atoms. The van der Waals surface area contributed by atoms with E-state index >= 15 is 4.39 Å². The van der Waals surface area contributed by atoms with Gasteiger partial charge in [-0.1, -0.05) is 60.7 Å². The summed E-state index contributed by atoms with van der Waals surface area (Å²) in [5.74, 6) is -7.54. The average Bonchev–Trinajstić information content (AvgIpc) is 3.05. The van der Waals surface area contributed by atoms with Crippen molar-refractivity contribution in [1.29, 1.82) is 0 Å². The normalized spacial score (nSPS) is 11.3. The predicted octanol–water partition coefficient (Wildman–Crippen LogP) is 6.09. The van der Waals surface area contributed by atoms with E-state index in [9.17, 15) is 47.4 Å². The molecule has 3 N–H and O–H groups in total. The summed E-state index contributed by atoms with van der Waals surface area (Å²) < 4.78 is 64.2. The van der Waals surface area contributed by atoms with Crippen molar-refractivity contribution in [3.05, 3.63) is 119 Å². The van der Waals surface area contributed by atoms with Gasteiger partial charge in [0.1, 0.15) is 6.61 Å². The van der Waals surface area contributed by atoms with Crippen molar-refractivity contribution in [1.82, 2.24) is 4.90 Å². The molecular formula is C34H26F4N2O9. The third-order valence-electron chi connectivity index (χ3n) is 7.25. The number of anilines is 1. The summed E-state index contributed by atoms with van der Waals surface area (Å²) in [6.45, 7) is -1.25. The molecule has 254 valence electrons. The Balaban J connectivity index is 1.62. The minimum atomic E-state index is -4.58. The molecular weight excluding hydrogens is 656 g/mol. The van der Waals surface area contributed by atoms with Gasteiger partial charge < -0.3 is 29.9 Å². The molecule has 11 nitrogen and oxygen atoms in total. The Morgan fingerprint density at radius 2 is 1.37 bits per heavy atom. The summed E-state index contributed by atoms with van der Waals surface area (Å²) in [6.07, 6.45) is -6.28. The van der Waals surface area contributed by atoms with E-state index in [1.807, 2.05) is 0 Å². The monoisotopic (exact) mass is 682 g/mol. The number of hydrogen-bond donors (Lipinski definition) is 3. The zero-order valence-corrected chi connectivity index (χ0v) is 25.6. The minimum Gasteiger partial charge on any atom is -0.480 e. The van der Waals surface area contributed by atoms with Gasteiger partial charge in [0.25, 0.3) is 11.8 Å². The second-order valence-corrected chi connectivity index (χ2v) is 10.6. The van der Waals surface area contributed by atoms with Crippen molar-refractivity contribution < 1.29 is 61.2 Å². The molecule has 0 fully saturated rings. The van der Waals surface area contributed by atoms with Gasteiger partial charge >= 0.3 is 24.3 Å². The number of ether oxygens (including phenoxy) is 2. The highest BCUT2D eigenvalue weighted by atomic mass is 19.4. The summed E-state index contributed by atoms with van der Waals surface area (Å²) in [7, 11) is 2.68. The third-order valence-corrected chi connectivity index (χ3v) is 7.25. The molecule has 0 saturated carbocycles. The molecule has 0 heterocycles. The van der Waals surface area contributed by atoms with E-state index in [1.54, 1.807) is 6.07 Å². The van der Waals surface area contributed by atoms with Gasteiger partial charge in [0.15, 0.2) is 11.6 Å². The highest BCUT2D eigenvalue weighted by Gasteiger charge is 2.50. The van der Waals surface area contributed by atoms with Crippen molar-refractivity contribution >= 4 is 35.6 Å². The second-order valence-electron chi connectivity index (χ2n) is 10.6. The number of benzene rings is 4. The number of amides is 2. The van der Waals surface area contributed by atoms with Crippen LogP contribution in [-0.4, -0.2) is 65.7 Å². The molecule has 0 aromatic heterocycles. The van der Waals surface area contributed by atoms with Crippen molar-refractivity contribution in [2.24, 2.45) is 0 Å². The number of alkyl halides is 3. The lowest BCUT2D eigenvalue weighted by Gasteiger charge is -2.24. The summed E-state index contributed by atoms with van der Waals surface area (Å²) in [5.41, 5.74) is -4.15. The van der Waals surface area contributed by atoms with Crippen LogP contribution in [0.3, 0.4) is 0 Å². The lowest BCUT2D eigenvalue weighted by molar-refractivity contribution is -0.160. The van der Waals surface area contributed by atoms with Gasteiger partial charge in [0.05, 0.1) is 16.8 Å². The average molecular weight is 683 g/mol. The summed E-state index contributed by atoms with van der Waals surface area (Å²) in [6, 6.07) is 18.0. The Morgan fingerprint density at radius 1 is 0.776 bits per heavy atom. The van der Waals surface area contributed by atoms with Crippen LogP contribution in [-0.2, 0) is 25.9 Å². The van der Waals surface area contributed by atoms with Crippen molar-refractivity contribution in [3.8, 4) is 16.9 Å². The van der Waals surface area contributed by atoms with Gasteiger partial charge in [-0.2, -0.15) is 13.2 Å². The Bertz CT molecular complexity index is 1900. The first-order valence-corrected chi connectivity index (χ1v) is 14.1. The number of carboxylic acid groups (broad SMARTS) is 2. The van der Waals surface area contributed by atoms with Crippen LogP contribution in [0.2, 0.25) is 0 Å². The zero-order valence-electron chi connectivity index (χ0n) is 25.6. The number of nitrogens with one attached hydrogen (secondary N) is 1. The molecule has 0 aliphatic rings. The van der Waals surface area contributed by atoms with Crippen molar-refractivity contribution in [3.63, 3.8) is 0 Å². The van der Waals surface area contributed by atoms with Crippen LogP contribution in [0.5, 0.6) is 5.75 Å². The van der Waals surface area contributed by atoms with Crippen LogP contribution < -0.4 is 10.1 Å². The molecule has 4 rings (SSSR count). The predicted molar refractivity (Wildman–Crippen MR) is 165 cm³/mol. The number of halogens is 4. The zero-order chi connectivity index (χ0) is 36.1. The van der Waals surface area contributed by atoms with Crippen LogP contribution in [0.4, 0.5) is 28.0 Å². The Labute approximate surface area is 275 Å². The molecule has 15 heteroatoms. The van der Waals surface area contributed by atoms with Crippen LogP contribution in [0.15, 0.2) is 91.0 Å². The Kier molecular flexibility index (Phi) is 10.4. The molecule has 0 spiro atoms. The maximum absolute atomic E-state index is 15.3. The maximum atomic E-state index is 15.3. The summed E-state index contributed by atoms with van der Waals surface area (Å²) in [4.78, 5) is 64.2. The van der Waals surface area contributed by atoms with Crippen LogP contribution in [0, 0.1) is 5.82 Å². The highest BCUT2D eigenvalue weighted by Crippen LogP contribution is 2.33. The molecule has 0 saturated heterocycles. The van der Waals surface area contributed by atoms with Gasteiger partial charge in [-0.15, -0.1) is 0 Å². The Hall–Kier alpha value is -6.25. The first kappa shape index (κ1) is 35.6. The fourth-order valence-electron chi connectivity index (χ4n) is 4.67. The number of carbonyl (C=O) groups excluding carboxylic acids is 3. The minimum absolute atomic E-state index is 0.0337. The van der Waals surface area contributed by atoms with Crippen molar-refractivity contribution in [2.75, 3.05) is 26.0 Å². The second kappa shape index (κ2) is 14.3. The number of rotatable bonds is 10. The fraction of sp³-hybridized carbons (Fsp3) is 0.147. The fourth-order valence-corrected chi connectivity index (χ4v) is 4.67. The quantitative estimate of drug-likeness (QED) is 0.0779. The molecule has 0 aliphatic carbocycles. The maximum Gasteiger partial charge on any atom is 0.514 e. The van der Waals surface area contributed by atoms with Crippen LogP contribution in [0.25, 0.3) is 11.1 Å². The highest BCUT2D eigenvalue weighted by molar-refractivity contribution is 6.12. The molecule has 0 unspecified atom stereocenters. The summed E-state index contributed by atoms with van der Waals surface area (Å²) in [5, 5.41) is 21.9. The van der Waals surface area contributed by atoms with Crippen LogP contribution >= 0.6 is 0 Å². The molecule has 0 bridgehead atoms. The van der Waals surface area contributed by atoms with E-state index in [2.05, 4.69) is 5.32 Å². The lowest BCUT2D eigenvalue weighted by Crippen LogP contribution is -2.48. The number of aliphatic carboxylic acids is 2. The van der Waals surface area contributed by atoms with E-state index < -0.39 is 65.2 Å². The largest absolute Gasteiger partial charge is 0.514 e. The van der Waals surface area contributed by atoms with Crippen molar-refractivity contribution in [2.45, 2.75) is 11.6 Å². The lowest BCUT2D eigenvalue weighted by atomic mass is 9.81. The SMILES string of the molecule is CN(C)C(=O)c1cc(OC(=O)OCC(C(=O)O)(C(=O)O)c2ccccc2)c(F)cc1NC(=O)c1ccccc1-c1ccc(C(F)(F)F)cc1. The molecule has 0 atom stereocenters. The summed E-state index contributed by atoms with van der Waals surface area (Å²) >= 11 is 0. The topological polar surface area (TPSA) is 160 Å². The van der Waals surface area contributed by atoms with Gasteiger partial charge in [-0.25, -0.2) is 9.18 Å². The van der Waals surface area contributed by atoms with E-state index in [-0.39, 0.29) is 33.5 Å². The smallest absolute Gasteiger partial charge is 0.480 e. The first-order valence-electron chi connectivity index (χ1n) is 14.1. The number of carbonyl (C=O) groups is 5. The molecule has 4 aromatic rings.